The van der Waals surface area contributed by atoms with Crippen LogP contribution >= 0.6 is 0 Å². The number of halogens is 1. The second-order valence-electron chi connectivity index (χ2n) is 6.98. The molecule has 0 spiro atoms. The molecule has 1 N–H and O–H groups in total. The first-order chi connectivity index (χ1) is 16.1. The van der Waals surface area contributed by atoms with E-state index >= 15 is 0 Å². The Hall–Kier alpha value is -4.34. The van der Waals surface area contributed by atoms with Gasteiger partial charge in [-0.2, -0.15) is 0 Å². The third-order valence-electron chi connectivity index (χ3n) is 4.81. The van der Waals surface area contributed by atoms with E-state index in [1.165, 1.54) is 31.6 Å². The van der Waals surface area contributed by atoms with Crippen molar-refractivity contribution in [2.24, 2.45) is 0 Å². The van der Waals surface area contributed by atoms with E-state index in [9.17, 15) is 9.18 Å². The number of Topliss-reactive ketones (excluding diaryl/α,β-unsaturated/α-hetero) is 1. The maximum Gasteiger partial charge on any atom is 0.227 e. The standard InChI is InChI=1S/C23H21FN6O3/c1-3-20(31)15-10-16(22(24)21(11-15)32-2)14-33-19-12-25-23(26-13-19)28-17-4-6-18(7-5-17)30-9-8-27-29-30/h4-13H,3,14H2,1-2H3,(H,25,26,28). The second kappa shape index (κ2) is 9.86. The lowest BCUT2D eigenvalue weighted by molar-refractivity contribution is 0.0987. The number of ether oxygens (including phenoxy) is 2. The Morgan fingerprint density at radius 3 is 2.55 bits per heavy atom. The van der Waals surface area contributed by atoms with Crippen LogP contribution in [0.4, 0.5) is 16.0 Å². The zero-order chi connectivity index (χ0) is 23.2. The quantitative estimate of drug-likeness (QED) is 0.381. The number of nitrogens with zero attached hydrogens (tertiary/aromatic N) is 5. The molecule has 0 aliphatic carbocycles. The van der Waals surface area contributed by atoms with Gasteiger partial charge in [-0.3, -0.25) is 4.79 Å². The highest BCUT2D eigenvalue weighted by molar-refractivity contribution is 5.96. The number of aromatic nitrogens is 5. The molecule has 2 heterocycles. The SMILES string of the molecule is CCC(=O)c1cc(COc2cnc(Nc3ccc(-n4ccnn4)cc3)nc2)c(F)c(OC)c1. The average molecular weight is 448 g/mol. The van der Waals surface area contributed by atoms with Gasteiger partial charge in [-0.25, -0.2) is 19.0 Å². The van der Waals surface area contributed by atoms with Gasteiger partial charge < -0.3 is 14.8 Å². The van der Waals surface area contributed by atoms with Gasteiger partial charge in [-0.05, 0) is 36.4 Å². The molecule has 0 amide bonds. The van der Waals surface area contributed by atoms with Gasteiger partial charge in [0.25, 0.3) is 0 Å². The first-order valence-electron chi connectivity index (χ1n) is 10.2. The van der Waals surface area contributed by atoms with Crippen molar-refractivity contribution >= 4 is 17.4 Å². The molecule has 0 aliphatic rings. The number of hydrogen-bond donors (Lipinski definition) is 1. The number of ketones is 1. The average Bonchev–Trinajstić information content (AvgIpc) is 3.39. The maximum atomic E-state index is 14.6. The smallest absolute Gasteiger partial charge is 0.227 e. The topological polar surface area (TPSA) is 104 Å². The van der Waals surface area contributed by atoms with Crippen LogP contribution in [0.15, 0.2) is 61.2 Å². The molecule has 0 atom stereocenters. The fraction of sp³-hybridized carbons (Fsp3) is 0.174. The van der Waals surface area contributed by atoms with Crippen molar-refractivity contribution in [2.75, 3.05) is 12.4 Å². The summed E-state index contributed by atoms with van der Waals surface area (Å²) in [4.78, 5) is 20.5. The Kier molecular flexibility index (Phi) is 6.53. The Morgan fingerprint density at radius 1 is 1.15 bits per heavy atom. The molecule has 0 radical (unpaired) electrons. The minimum Gasteiger partial charge on any atom is -0.494 e. The molecule has 0 saturated carbocycles. The van der Waals surface area contributed by atoms with E-state index < -0.39 is 5.82 Å². The summed E-state index contributed by atoms with van der Waals surface area (Å²) in [6, 6.07) is 10.4. The first kappa shape index (κ1) is 21.9. The van der Waals surface area contributed by atoms with Crippen molar-refractivity contribution in [3.63, 3.8) is 0 Å². The van der Waals surface area contributed by atoms with Gasteiger partial charge in [-0.1, -0.05) is 12.1 Å². The predicted octanol–water partition coefficient (Wildman–Crippen LogP) is 4.12. The summed E-state index contributed by atoms with van der Waals surface area (Å²) in [5.41, 5.74) is 2.25. The highest BCUT2D eigenvalue weighted by Crippen LogP contribution is 2.25. The van der Waals surface area contributed by atoms with Crippen LogP contribution in [0.25, 0.3) is 5.69 Å². The van der Waals surface area contributed by atoms with Gasteiger partial charge in [0.2, 0.25) is 5.95 Å². The van der Waals surface area contributed by atoms with Crippen LogP contribution in [0, 0.1) is 5.82 Å². The maximum absolute atomic E-state index is 14.6. The molecule has 2 aromatic carbocycles. The number of hydrogen-bond acceptors (Lipinski definition) is 8. The van der Waals surface area contributed by atoms with Crippen molar-refractivity contribution in [3.8, 4) is 17.2 Å². The molecule has 33 heavy (non-hydrogen) atoms. The van der Waals surface area contributed by atoms with Crippen LogP contribution in [0.1, 0.15) is 29.3 Å². The third kappa shape index (κ3) is 5.12. The van der Waals surface area contributed by atoms with Gasteiger partial charge in [-0.15, -0.1) is 5.10 Å². The van der Waals surface area contributed by atoms with Crippen LogP contribution in [0.5, 0.6) is 11.5 Å². The lowest BCUT2D eigenvalue weighted by atomic mass is 10.0. The van der Waals surface area contributed by atoms with Gasteiger partial charge in [0, 0.05) is 23.2 Å². The second-order valence-corrected chi connectivity index (χ2v) is 6.98. The summed E-state index contributed by atoms with van der Waals surface area (Å²) in [6.45, 7) is 1.64. The van der Waals surface area contributed by atoms with E-state index in [1.54, 1.807) is 24.0 Å². The zero-order valence-corrected chi connectivity index (χ0v) is 18.0. The van der Waals surface area contributed by atoms with E-state index in [-0.39, 0.29) is 23.7 Å². The molecule has 2 aromatic heterocycles. The van der Waals surface area contributed by atoms with Gasteiger partial charge in [0.1, 0.15) is 6.61 Å². The number of methoxy groups -OCH3 is 1. The van der Waals surface area contributed by atoms with Crippen LogP contribution in [-0.4, -0.2) is 37.9 Å². The monoisotopic (exact) mass is 448 g/mol. The zero-order valence-electron chi connectivity index (χ0n) is 18.0. The molecule has 0 saturated heterocycles. The van der Waals surface area contributed by atoms with Crippen molar-refractivity contribution in [1.29, 1.82) is 0 Å². The van der Waals surface area contributed by atoms with E-state index in [2.05, 4.69) is 25.6 Å². The molecular weight excluding hydrogens is 427 g/mol. The fourth-order valence-electron chi connectivity index (χ4n) is 3.06. The summed E-state index contributed by atoms with van der Waals surface area (Å²) >= 11 is 0. The van der Waals surface area contributed by atoms with Crippen molar-refractivity contribution in [1.82, 2.24) is 25.0 Å². The van der Waals surface area contributed by atoms with Crippen molar-refractivity contribution in [2.45, 2.75) is 20.0 Å². The molecule has 0 bridgehead atoms. The number of nitrogens with one attached hydrogen (secondary N) is 1. The molecule has 168 valence electrons. The molecule has 0 fully saturated rings. The number of rotatable bonds is 9. The lowest BCUT2D eigenvalue weighted by Gasteiger charge is -2.12. The van der Waals surface area contributed by atoms with E-state index in [1.807, 2.05) is 24.3 Å². The number of carbonyl (C=O) groups excluding carboxylic acids is 1. The van der Waals surface area contributed by atoms with Crippen LogP contribution in [0.3, 0.4) is 0 Å². The molecule has 4 rings (SSSR count). The highest BCUT2D eigenvalue weighted by Gasteiger charge is 2.15. The summed E-state index contributed by atoms with van der Waals surface area (Å²) < 4.78 is 26.9. The van der Waals surface area contributed by atoms with Crippen LogP contribution in [-0.2, 0) is 6.61 Å². The minimum absolute atomic E-state index is 0.00136. The number of benzene rings is 2. The van der Waals surface area contributed by atoms with E-state index in [4.69, 9.17) is 9.47 Å². The molecule has 0 aliphatic heterocycles. The normalized spacial score (nSPS) is 10.6. The van der Waals surface area contributed by atoms with Crippen LogP contribution < -0.4 is 14.8 Å². The van der Waals surface area contributed by atoms with Gasteiger partial charge >= 0.3 is 0 Å². The van der Waals surface area contributed by atoms with Crippen LogP contribution in [0.2, 0.25) is 0 Å². The minimum atomic E-state index is -0.571. The summed E-state index contributed by atoms with van der Waals surface area (Å²) in [5, 5.41) is 10.8. The van der Waals surface area contributed by atoms with E-state index in [0.717, 1.165) is 11.4 Å². The Bertz CT molecular complexity index is 1230. The number of carbonyl (C=O) groups is 1. The van der Waals surface area contributed by atoms with E-state index in [0.29, 0.717) is 23.7 Å². The Morgan fingerprint density at radius 2 is 1.91 bits per heavy atom. The number of anilines is 2. The predicted molar refractivity (Wildman–Crippen MR) is 119 cm³/mol. The molecule has 10 heteroatoms. The summed E-state index contributed by atoms with van der Waals surface area (Å²) in [6.07, 6.45) is 6.63. The van der Waals surface area contributed by atoms with Gasteiger partial charge in [0.15, 0.2) is 23.1 Å². The third-order valence-corrected chi connectivity index (χ3v) is 4.81. The van der Waals surface area contributed by atoms with Crippen molar-refractivity contribution in [3.05, 3.63) is 78.1 Å². The fourth-order valence-corrected chi connectivity index (χ4v) is 3.06. The largest absolute Gasteiger partial charge is 0.494 e. The molecule has 4 aromatic rings. The molecular formula is C23H21FN6O3. The lowest BCUT2D eigenvalue weighted by Crippen LogP contribution is -2.06. The molecule has 9 nitrogen and oxygen atoms in total. The summed E-state index contributed by atoms with van der Waals surface area (Å²) in [7, 11) is 1.35. The Balaban J connectivity index is 1.40. The Labute approximate surface area is 189 Å². The first-order valence-corrected chi connectivity index (χ1v) is 10.2. The van der Waals surface area contributed by atoms with Gasteiger partial charge in [0.05, 0.1) is 37.6 Å². The molecule has 0 unspecified atom stereocenters. The summed E-state index contributed by atoms with van der Waals surface area (Å²) in [5.74, 6) is 0.0479. The van der Waals surface area contributed by atoms with Crippen molar-refractivity contribution < 1.29 is 18.7 Å². The highest BCUT2D eigenvalue weighted by atomic mass is 19.1.